The van der Waals surface area contributed by atoms with Crippen LogP contribution >= 0.6 is 23.2 Å². The molecule has 0 spiro atoms. The molecular formula is C28H32Cl2N2O6. The van der Waals surface area contributed by atoms with Crippen molar-refractivity contribution in [3.63, 3.8) is 0 Å². The Kier molecular flexibility index (Phi) is 11.3. The Labute approximate surface area is 233 Å². The van der Waals surface area contributed by atoms with Crippen molar-refractivity contribution in [1.82, 2.24) is 9.80 Å². The van der Waals surface area contributed by atoms with Crippen molar-refractivity contribution in [2.45, 2.75) is 19.4 Å². The Hall–Kier alpha value is -3.20. The predicted molar refractivity (Wildman–Crippen MR) is 146 cm³/mol. The Morgan fingerprint density at radius 1 is 0.895 bits per heavy atom. The Morgan fingerprint density at radius 2 is 1.63 bits per heavy atom. The highest BCUT2D eigenvalue weighted by Gasteiger charge is 2.24. The average molecular weight is 563 g/mol. The van der Waals surface area contributed by atoms with Crippen LogP contribution in [0.15, 0.2) is 59.2 Å². The van der Waals surface area contributed by atoms with Crippen LogP contribution in [0.25, 0.3) is 0 Å². The molecule has 204 valence electrons. The lowest BCUT2D eigenvalue weighted by Gasteiger charge is -2.27. The number of benzene rings is 2. The molecule has 0 atom stereocenters. The highest BCUT2D eigenvalue weighted by atomic mass is 35.5. The van der Waals surface area contributed by atoms with E-state index in [0.717, 1.165) is 5.56 Å². The van der Waals surface area contributed by atoms with Gasteiger partial charge in [0.05, 0.1) is 27.0 Å². The number of carbonyl (C=O) groups is 2. The van der Waals surface area contributed by atoms with Gasteiger partial charge in [0.15, 0.2) is 11.5 Å². The van der Waals surface area contributed by atoms with Crippen molar-refractivity contribution < 1.29 is 28.2 Å². The fourth-order valence-corrected chi connectivity index (χ4v) is 4.48. The zero-order valence-electron chi connectivity index (χ0n) is 21.7. The van der Waals surface area contributed by atoms with Gasteiger partial charge >= 0.3 is 0 Å². The summed E-state index contributed by atoms with van der Waals surface area (Å²) in [6.07, 6.45) is 2.69. The van der Waals surface area contributed by atoms with E-state index in [2.05, 4.69) is 0 Å². The quantitative estimate of drug-likeness (QED) is 0.246. The largest absolute Gasteiger partial charge is 0.493 e. The lowest BCUT2D eigenvalue weighted by atomic mass is 10.1. The van der Waals surface area contributed by atoms with E-state index in [-0.39, 0.29) is 24.9 Å². The van der Waals surface area contributed by atoms with Crippen LogP contribution in [0.5, 0.6) is 11.5 Å². The first-order valence-electron chi connectivity index (χ1n) is 12.1. The SMILES string of the molecule is COCCCN(CC(=O)N(CCc1ccc(OC)c(OC)c1)Cc1ccco1)C(=O)c1cc(Cl)cc(Cl)c1. The molecule has 0 fully saturated rings. The van der Waals surface area contributed by atoms with E-state index in [9.17, 15) is 9.59 Å². The number of rotatable bonds is 14. The van der Waals surface area contributed by atoms with Crippen LogP contribution in [-0.2, 0) is 22.5 Å². The first kappa shape index (κ1) is 29.4. The third-order valence-electron chi connectivity index (χ3n) is 5.90. The molecule has 2 aromatic carbocycles. The Bertz CT molecular complexity index is 1180. The molecule has 0 aliphatic carbocycles. The summed E-state index contributed by atoms with van der Waals surface area (Å²) in [5, 5.41) is 0.691. The number of carbonyl (C=O) groups excluding carboxylic acids is 2. The van der Waals surface area contributed by atoms with Gasteiger partial charge in [-0.1, -0.05) is 29.3 Å². The van der Waals surface area contributed by atoms with Gasteiger partial charge in [0, 0.05) is 42.4 Å². The van der Waals surface area contributed by atoms with Gasteiger partial charge in [-0.2, -0.15) is 0 Å². The van der Waals surface area contributed by atoms with E-state index < -0.39 is 0 Å². The maximum Gasteiger partial charge on any atom is 0.254 e. The zero-order chi connectivity index (χ0) is 27.5. The predicted octanol–water partition coefficient (Wildman–Crippen LogP) is 5.35. The summed E-state index contributed by atoms with van der Waals surface area (Å²) < 4.78 is 21.4. The second-order valence-corrected chi connectivity index (χ2v) is 9.44. The van der Waals surface area contributed by atoms with E-state index in [1.165, 1.54) is 4.90 Å². The average Bonchev–Trinajstić information content (AvgIpc) is 3.42. The molecule has 0 bridgehead atoms. The second kappa shape index (κ2) is 14.7. The minimum absolute atomic E-state index is 0.126. The molecule has 3 rings (SSSR count). The van der Waals surface area contributed by atoms with Crippen molar-refractivity contribution in [3.05, 3.63) is 81.7 Å². The fraction of sp³-hybridized carbons (Fsp3) is 0.357. The van der Waals surface area contributed by atoms with Crippen LogP contribution < -0.4 is 9.47 Å². The molecule has 38 heavy (non-hydrogen) atoms. The number of hydrogen-bond acceptors (Lipinski definition) is 6. The third kappa shape index (κ3) is 8.41. The maximum absolute atomic E-state index is 13.6. The minimum atomic E-state index is -0.336. The van der Waals surface area contributed by atoms with E-state index in [4.69, 9.17) is 41.8 Å². The summed E-state index contributed by atoms with van der Waals surface area (Å²) in [5.41, 5.74) is 1.29. The molecule has 3 aromatic rings. The van der Waals surface area contributed by atoms with Crippen molar-refractivity contribution >= 4 is 35.0 Å². The van der Waals surface area contributed by atoms with Gasteiger partial charge in [-0.3, -0.25) is 9.59 Å². The van der Waals surface area contributed by atoms with Crippen molar-refractivity contribution in [2.75, 3.05) is 47.6 Å². The summed E-state index contributed by atoms with van der Waals surface area (Å²) in [6.45, 7) is 1.32. The number of nitrogens with zero attached hydrogens (tertiary/aromatic N) is 2. The zero-order valence-corrected chi connectivity index (χ0v) is 23.3. The summed E-state index contributed by atoms with van der Waals surface area (Å²) in [6, 6.07) is 13.9. The molecule has 0 aliphatic heterocycles. The summed E-state index contributed by atoms with van der Waals surface area (Å²) in [7, 11) is 4.75. The molecule has 0 aliphatic rings. The number of hydrogen-bond donors (Lipinski definition) is 0. The Morgan fingerprint density at radius 3 is 2.26 bits per heavy atom. The van der Waals surface area contributed by atoms with Gasteiger partial charge in [0.2, 0.25) is 5.91 Å². The lowest BCUT2D eigenvalue weighted by Crippen LogP contribution is -2.44. The van der Waals surface area contributed by atoms with E-state index in [1.807, 2.05) is 24.3 Å². The summed E-state index contributed by atoms with van der Waals surface area (Å²) in [5.74, 6) is 1.33. The summed E-state index contributed by atoms with van der Waals surface area (Å²) >= 11 is 12.2. The normalized spacial score (nSPS) is 10.8. The standard InChI is InChI=1S/C28H32Cl2N2O6/c1-35-12-5-10-32(28(34)21-15-22(29)17-23(30)16-21)19-27(33)31(18-24-6-4-13-38-24)11-9-20-7-8-25(36-2)26(14-20)37-3/h4,6-8,13-17H,5,9-12,18-19H2,1-3H3. The van der Waals surface area contributed by atoms with Crippen molar-refractivity contribution in [2.24, 2.45) is 0 Å². The molecule has 0 unspecified atom stereocenters. The van der Waals surface area contributed by atoms with Gasteiger partial charge in [-0.25, -0.2) is 0 Å². The number of amides is 2. The number of methoxy groups -OCH3 is 3. The van der Waals surface area contributed by atoms with Gasteiger partial charge in [0.1, 0.15) is 12.3 Å². The molecule has 10 heteroatoms. The van der Waals surface area contributed by atoms with Crippen LogP contribution in [0, 0.1) is 0 Å². The first-order chi connectivity index (χ1) is 18.3. The molecule has 8 nitrogen and oxygen atoms in total. The second-order valence-electron chi connectivity index (χ2n) is 8.57. The van der Waals surface area contributed by atoms with E-state index in [0.29, 0.717) is 65.4 Å². The highest BCUT2D eigenvalue weighted by molar-refractivity contribution is 6.35. The molecule has 1 aromatic heterocycles. The van der Waals surface area contributed by atoms with Gasteiger partial charge in [-0.15, -0.1) is 0 Å². The molecule has 0 radical (unpaired) electrons. The van der Waals surface area contributed by atoms with Crippen LogP contribution in [0.1, 0.15) is 28.1 Å². The van der Waals surface area contributed by atoms with Crippen molar-refractivity contribution in [1.29, 1.82) is 0 Å². The molecule has 0 N–H and O–H groups in total. The smallest absolute Gasteiger partial charge is 0.254 e. The molecule has 2 amide bonds. The maximum atomic E-state index is 13.6. The number of furan rings is 1. The van der Waals surface area contributed by atoms with Crippen LogP contribution in [-0.4, -0.2) is 69.2 Å². The number of halogens is 2. The monoisotopic (exact) mass is 562 g/mol. The van der Waals surface area contributed by atoms with E-state index >= 15 is 0 Å². The molecular weight excluding hydrogens is 531 g/mol. The van der Waals surface area contributed by atoms with Gasteiger partial charge < -0.3 is 28.4 Å². The molecule has 0 saturated heterocycles. The third-order valence-corrected chi connectivity index (χ3v) is 6.33. The molecule has 0 saturated carbocycles. The van der Waals surface area contributed by atoms with Crippen LogP contribution in [0.3, 0.4) is 0 Å². The van der Waals surface area contributed by atoms with Crippen molar-refractivity contribution in [3.8, 4) is 11.5 Å². The van der Waals surface area contributed by atoms with Crippen LogP contribution in [0.2, 0.25) is 10.0 Å². The first-order valence-corrected chi connectivity index (χ1v) is 12.9. The molecule has 1 heterocycles. The summed E-state index contributed by atoms with van der Waals surface area (Å²) in [4.78, 5) is 30.1. The van der Waals surface area contributed by atoms with Gasteiger partial charge in [-0.05, 0) is 60.9 Å². The Balaban J connectivity index is 1.79. The highest BCUT2D eigenvalue weighted by Crippen LogP contribution is 2.28. The fourth-order valence-electron chi connectivity index (χ4n) is 3.96. The minimum Gasteiger partial charge on any atom is -0.493 e. The topological polar surface area (TPSA) is 81.5 Å². The van der Waals surface area contributed by atoms with E-state index in [1.54, 1.807) is 56.8 Å². The lowest BCUT2D eigenvalue weighted by molar-refractivity contribution is -0.132. The number of ether oxygens (including phenoxy) is 3. The van der Waals surface area contributed by atoms with Gasteiger partial charge in [0.25, 0.3) is 5.91 Å². The van der Waals surface area contributed by atoms with Crippen LogP contribution in [0.4, 0.5) is 0 Å².